The van der Waals surface area contributed by atoms with Crippen LogP contribution in [0.15, 0.2) is 24.3 Å². The van der Waals surface area contributed by atoms with Crippen molar-refractivity contribution in [2.75, 3.05) is 0 Å². The van der Waals surface area contributed by atoms with Gasteiger partial charge in [0.15, 0.2) is 0 Å². The predicted octanol–water partition coefficient (Wildman–Crippen LogP) is 3.38. The fourth-order valence-corrected chi connectivity index (χ4v) is 0.321. The molecule has 58 valence electrons. The van der Waals surface area contributed by atoms with Crippen LogP contribution in [0.2, 0.25) is 0 Å². The van der Waals surface area contributed by atoms with E-state index in [1.165, 1.54) is 58.1 Å². The Morgan fingerprint density at radius 3 is 0.909 bits per heavy atom. The van der Waals surface area contributed by atoms with Gasteiger partial charge in [-0.05, 0) is 0 Å². The molecule has 0 heterocycles. The minimum absolute atomic E-state index is 1.47. The molecule has 11 heavy (non-hydrogen) atoms. The first kappa shape index (κ1) is 19.1. The first-order valence-corrected chi connectivity index (χ1v) is 8.68. The molecule has 0 aromatic heterocycles. The molecule has 1 rings (SSSR count). The maximum atomic E-state index is 4.64. The van der Waals surface area contributed by atoms with Crippen molar-refractivity contribution in [3.05, 3.63) is 30.7 Å². The first-order chi connectivity index (χ1) is 5.50. The van der Waals surface area contributed by atoms with E-state index in [2.05, 4.69) is 27.9 Å². The van der Waals surface area contributed by atoms with E-state index in [9.17, 15) is 0 Å². The van der Waals surface area contributed by atoms with Gasteiger partial charge in [-0.1, -0.05) is 24.3 Å². The second-order valence-electron chi connectivity index (χ2n) is 0.962. The number of rotatable bonds is 0. The van der Waals surface area contributed by atoms with Crippen molar-refractivity contribution >= 4 is 27.9 Å². The van der Waals surface area contributed by atoms with Gasteiger partial charge in [0.05, 0.1) is 0 Å². The van der Waals surface area contributed by atoms with Crippen molar-refractivity contribution in [3.8, 4) is 0 Å². The van der Waals surface area contributed by atoms with E-state index in [1.807, 2.05) is 30.7 Å². The molecule has 1 radical (unpaired) electrons. The van der Waals surface area contributed by atoms with E-state index < -0.39 is 0 Å². The van der Waals surface area contributed by atoms with Crippen molar-refractivity contribution in [3.63, 3.8) is 0 Å². The maximum absolute atomic E-state index is 4.64. The van der Waals surface area contributed by atoms with Crippen molar-refractivity contribution in [1.82, 2.24) is 0 Å². The molecule has 1 aliphatic rings. The van der Waals surface area contributed by atoms with Crippen LogP contribution >= 0.6 is 27.9 Å². The Morgan fingerprint density at radius 1 is 0.545 bits per heavy atom. The minimum atomic E-state index is 1.47. The van der Waals surface area contributed by atoms with Crippen molar-refractivity contribution < 1.29 is 58.1 Å². The van der Waals surface area contributed by atoms with E-state index in [0.29, 0.717) is 0 Å². The summed E-state index contributed by atoms with van der Waals surface area (Å²) in [4.78, 5) is 0. The summed E-state index contributed by atoms with van der Waals surface area (Å²) in [5.74, 6) is 0. The van der Waals surface area contributed by atoms with Crippen LogP contribution in [0.5, 0.6) is 0 Å². The zero-order valence-electron chi connectivity index (χ0n) is 5.52. The molecular formula is C5H5Cl3Ti3. The normalized spacial score (nSPS) is 9.09. The zero-order chi connectivity index (χ0) is 9.54. The molecule has 0 aromatic rings. The zero-order valence-corrected chi connectivity index (χ0v) is 12.5. The average molecular weight is 315 g/mol. The molecule has 0 atom stereocenters. The van der Waals surface area contributed by atoms with Crippen LogP contribution in [0.25, 0.3) is 0 Å². The Morgan fingerprint density at radius 2 is 0.818 bits per heavy atom. The van der Waals surface area contributed by atoms with Crippen LogP contribution in [0, 0.1) is 6.42 Å². The van der Waals surface area contributed by atoms with Gasteiger partial charge in [-0.25, -0.2) is 0 Å². The standard InChI is InChI=1S/C5H5.3ClH.3Ti/c1-2-4-5-3-1;;;;;;/h1-5H;3*1H;;;/q;;;;3*+1/p-3. The Kier molecular flexibility index (Phi) is 51.1. The van der Waals surface area contributed by atoms with E-state index in [0.717, 1.165) is 0 Å². The first-order valence-electron chi connectivity index (χ1n) is 2.23. The summed E-state index contributed by atoms with van der Waals surface area (Å²) in [6.07, 6.45) is 10.0. The summed E-state index contributed by atoms with van der Waals surface area (Å²) in [6, 6.07) is 0. The van der Waals surface area contributed by atoms with Gasteiger partial charge in [-0.15, -0.1) is 0 Å². The van der Waals surface area contributed by atoms with Gasteiger partial charge in [0.25, 0.3) is 0 Å². The summed E-state index contributed by atoms with van der Waals surface area (Å²) >= 11 is 4.42. The molecule has 0 fully saturated rings. The predicted molar refractivity (Wildman–Crippen MR) is 40.1 cm³/mol. The molecule has 0 saturated heterocycles. The van der Waals surface area contributed by atoms with Gasteiger partial charge in [-0.2, -0.15) is 0 Å². The third kappa shape index (κ3) is 24.5. The number of hydrogen-bond donors (Lipinski definition) is 0. The van der Waals surface area contributed by atoms with E-state index in [-0.39, 0.29) is 0 Å². The summed E-state index contributed by atoms with van der Waals surface area (Å²) in [7, 11) is 13.9. The molecular weight excluding hydrogens is 310 g/mol. The third-order valence-electron chi connectivity index (χ3n) is 0.556. The summed E-state index contributed by atoms with van der Waals surface area (Å²) in [5.41, 5.74) is 0. The molecule has 0 amide bonds. The Hall–Kier alpha value is 2.49. The van der Waals surface area contributed by atoms with Crippen LogP contribution < -0.4 is 0 Å². The SMILES string of the molecule is [CH]1C=CC=C1.[Cl][Ti].[Cl][Ti].[Cl][Ti]. The molecule has 0 aliphatic heterocycles. The topological polar surface area (TPSA) is 0 Å². The molecule has 6 heteroatoms. The van der Waals surface area contributed by atoms with Gasteiger partial charge in [0, 0.05) is 6.42 Å². The van der Waals surface area contributed by atoms with Gasteiger partial charge < -0.3 is 0 Å². The average Bonchev–Trinajstić information content (AvgIpc) is 2.71. The number of allylic oxidation sites excluding steroid dienone is 4. The summed E-state index contributed by atoms with van der Waals surface area (Å²) < 4.78 is 0. The fourth-order valence-electron chi connectivity index (χ4n) is 0.321. The Balaban J connectivity index is -0.0000000933. The van der Waals surface area contributed by atoms with Gasteiger partial charge in [-0.3, -0.25) is 0 Å². The molecule has 0 bridgehead atoms. The molecule has 0 aromatic carbocycles. The second kappa shape index (κ2) is 29.4. The van der Waals surface area contributed by atoms with Gasteiger partial charge in [0.1, 0.15) is 0 Å². The van der Waals surface area contributed by atoms with Crippen LogP contribution in [0.1, 0.15) is 0 Å². The molecule has 0 saturated carbocycles. The van der Waals surface area contributed by atoms with E-state index in [4.69, 9.17) is 0 Å². The monoisotopic (exact) mass is 314 g/mol. The third-order valence-corrected chi connectivity index (χ3v) is 0.556. The molecule has 0 spiro atoms. The van der Waals surface area contributed by atoms with Crippen molar-refractivity contribution in [2.45, 2.75) is 0 Å². The van der Waals surface area contributed by atoms with Crippen LogP contribution in [-0.4, -0.2) is 0 Å². The van der Waals surface area contributed by atoms with Crippen LogP contribution in [0.4, 0.5) is 0 Å². The molecule has 1 aliphatic carbocycles. The van der Waals surface area contributed by atoms with Gasteiger partial charge >= 0.3 is 86.0 Å². The Labute approximate surface area is 115 Å². The van der Waals surface area contributed by atoms with Crippen LogP contribution in [-0.2, 0) is 58.1 Å². The van der Waals surface area contributed by atoms with Crippen molar-refractivity contribution in [2.24, 2.45) is 0 Å². The Bertz CT molecular complexity index is 75.0. The van der Waals surface area contributed by atoms with Gasteiger partial charge in [0.2, 0.25) is 0 Å². The number of halogens is 3. The fraction of sp³-hybridized carbons (Fsp3) is 0. The number of hydrogen-bond acceptors (Lipinski definition) is 0. The molecule has 0 unspecified atom stereocenters. The molecule has 0 N–H and O–H groups in total. The van der Waals surface area contributed by atoms with Crippen molar-refractivity contribution in [1.29, 1.82) is 0 Å². The molecule has 0 nitrogen and oxygen atoms in total. The quantitative estimate of drug-likeness (QED) is 0.601. The second-order valence-corrected chi connectivity index (χ2v) is 0.962. The summed E-state index contributed by atoms with van der Waals surface area (Å²) in [6.45, 7) is 0. The van der Waals surface area contributed by atoms with E-state index >= 15 is 0 Å². The van der Waals surface area contributed by atoms with Crippen LogP contribution in [0.3, 0.4) is 0 Å². The summed E-state index contributed by atoms with van der Waals surface area (Å²) in [5, 5.41) is 0. The van der Waals surface area contributed by atoms with E-state index in [1.54, 1.807) is 0 Å².